The molecule has 3 aromatic carbocycles. The van der Waals surface area contributed by atoms with E-state index >= 15 is 0 Å². The number of carbonyl (C=O) groups excluding carboxylic acids is 1. The summed E-state index contributed by atoms with van der Waals surface area (Å²) in [6.07, 6.45) is 1.37. The number of ether oxygens (including phenoxy) is 2. The first kappa shape index (κ1) is 25.0. The zero-order valence-electron chi connectivity index (χ0n) is 20.2. The van der Waals surface area contributed by atoms with Crippen molar-refractivity contribution in [2.24, 2.45) is 5.10 Å². The van der Waals surface area contributed by atoms with Crippen LogP contribution >= 0.6 is 11.6 Å². The van der Waals surface area contributed by atoms with E-state index in [0.29, 0.717) is 22.4 Å². The number of hydrogen-bond acceptors (Lipinski definition) is 6. The number of aromatic nitrogens is 3. The second-order valence-corrected chi connectivity index (χ2v) is 11.8. The average molecular weight is 581 g/mol. The first-order valence-electron chi connectivity index (χ1n) is 11.6. The van der Waals surface area contributed by atoms with Crippen LogP contribution in [0.4, 0.5) is 0 Å². The Balaban J connectivity index is 1.21. The van der Waals surface area contributed by atoms with Crippen molar-refractivity contribution < 1.29 is 14.3 Å². The van der Waals surface area contributed by atoms with Gasteiger partial charge in [-0.2, -0.15) is 0 Å². The van der Waals surface area contributed by atoms with Crippen LogP contribution in [0.25, 0.3) is 5.69 Å². The molecule has 188 valence electrons. The van der Waals surface area contributed by atoms with Gasteiger partial charge in [-0.05, 0) is 24.3 Å². The van der Waals surface area contributed by atoms with E-state index < -0.39 is 6.23 Å². The minimum atomic E-state index is -0.438. The van der Waals surface area contributed by atoms with Crippen molar-refractivity contribution >= 4 is 42.8 Å². The van der Waals surface area contributed by atoms with E-state index in [1.165, 1.54) is 16.4 Å². The Hall–Kier alpha value is -3.65. The Labute approximate surface area is 226 Å². The predicted molar refractivity (Wildman–Crippen MR) is 142 cm³/mol. The predicted octanol–water partition coefficient (Wildman–Crippen LogP) is 4.20. The van der Waals surface area contributed by atoms with Crippen molar-refractivity contribution in [1.82, 2.24) is 20.0 Å². The Morgan fingerprint density at radius 2 is 1.81 bits per heavy atom. The van der Waals surface area contributed by atoms with E-state index in [2.05, 4.69) is 34.5 Å². The summed E-state index contributed by atoms with van der Waals surface area (Å²) in [5.74, 6) is 0.944. The Morgan fingerprint density at radius 1 is 1.08 bits per heavy atom. The zero-order valence-corrected chi connectivity index (χ0v) is 22.7. The molecule has 0 aliphatic carbocycles. The molecule has 5 rings (SSSR count). The molecule has 4 aromatic rings. The molecule has 1 aliphatic heterocycles. The van der Waals surface area contributed by atoms with Crippen LogP contribution in [-0.4, -0.2) is 53.0 Å². The number of benzene rings is 3. The van der Waals surface area contributed by atoms with Crippen LogP contribution < -0.4 is 9.20 Å². The van der Waals surface area contributed by atoms with Gasteiger partial charge in [-0.1, -0.05) is 16.8 Å². The van der Waals surface area contributed by atoms with Gasteiger partial charge in [0.2, 0.25) is 0 Å². The van der Waals surface area contributed by atoms with Crippen molar-refractivity contribution in [2.75, 3.05) is 0 Å². The molecule has 0 fully saturated rings. The normalized spacial score (nSPS) is 15.7. The average Bonchev–Trinajstić information content (AvgIpc) is 3.57. The van der Waals surface area contributed by atoms with Gasteiger partial charge in [-0.25, -0.2) is 4.68 Å². The van der Waals surface area contributed by atoms with E-state index in [1.807, 2.05) is 60.8 Å². The Morgan fingerprint density at radius 3 is 2.51 bits per heavy atom. The quantitative estimate of drug-likeness (QED) is 0.292. The SMILES string of the molecule is CC(=O)N1N=C(c2ccc(OCc3cn(-c4ccc(Cl)cc4)nn3)cc2)OC1C(C)[Se]c1ccccc1. The molecular weight excluding hydrogens is 557 g/mol. The summed E-state index contributed by atoms with van der Waals surface area (Å²) >= 11 is 6.07. The molecule has 2 heterocycles. The second kappa shape index (κ2) is 11.2. The summed E-state index contributed by atoms with van der Waals surface area (Å²) in [6.45, 7) is 3.86. The van der Waals surface area contributed by atoms with E-state index in [1.54, 1.807) is 16.8 Å². The summed E-state index contributed by atoms with van der Waals surface area (Å²) in [4.78, 5) is 12.4. The molecule has 8 nitrogen and oxygen atoms in total. The van der Waals surface area contributed by atoms with Crippen LogP contribution in [-0.2, 0) is 16.1 Å². The Kier molecular flexibility index (Phi) is 7.55. The number of carbonyl (C=O) groups is 1. The molecule has 0 bridgehead atoms. The number of hydrogen-bond donors (Lipinski definition) is 0. The number of hydrazone groups is 1. The van der Waals surface area contributed by atoms with Crippen molar-refractivity contribution in [3.05, 3.63) is 101 Å². The van der Waals surface area contributed by atoms with E-state index in [4.69, 9.17) is 21.1 Å². The topological polar surface area (TPSA) is 81.8 Å². The summed E-state index contributed by atoms with van der Waals surface area (Å²) in [7, 11) is 0. The van der Waals surface area contributed by atoms with Crippen LogP contribution in [0.5, 0.6) is 5.75 Å². The van der Waals surface area contributed by atoms with Crippen LogP contribution in [0, 0.1) is 0 Å². The molecule has 1 aromatic heterocycles. The van der Waals surface area contributed by atoms with Crippen molar-refractivity contribution in [2.45, 2.75) is 31.5 Å². The number of rotatable bonds is 8. The van der Waals surface area contributed by atoms with Gasteiger partial charge in [-0.15, -0.1) is 0 Å². The molecule has 0 N–H and O–H groups in total. The maximum absolute atomic E-state index is 12.3. The minimum absolute atomic E-state index is 0.115. The van der Waals surface area contributed by atoms with Crippen LogP contribution in [0.1, 0.15) is 25.1 Å². The number of halogens is 1. The van der Waals surface area contributed by atoms with Gasteiger partial charge < -0.3 is 0 Å². The van der Waals surface area contributed by atoms with Crippen LogP contribution in [0.15, 0.2) is 90.2 Å². The van der Waals surface area contributed by atoms with Gasteiger partial charge in [0, 0.05) is 5.02 Å². The van der Waals surface area contributed by atoms with E-state index in [-0.39, 0.29) is 32.3 Å². The molecule has 10 heteroatoms. The molecule has 2 unspecified atom stereocenters. The summed E-state index contributed by atoms with van der Waals surface area (Å²) in [5.41, 5.74) is 2.33. The number of nitrogens with zero attached hydrogens (tertiary/aromatic N) is 5. The second-order valence-electron chi connectivity index (χ2n) is 8.36. The van der Waals surface area contributed by atoms with Crippen molar-refractivity contribution in [3.8, 4) is 11.4 Å². The third-order valence-electron chi connectivity index (χ3n) is 5.58. The summed E-state index contributed by atoms with van der Waals surface area (Å²) in [6, 6.07) is 25.0. The van der Waals surface area contributed by atoms with Crippen LogP contribution in [0.3, 0.4) is 0 Å². The fourth-order valence-corrected chi connectivity index (χ4v) is 6.01. The standard InChI is InChI=1S/C27H24ClN5O3Se/c1-18(37-25-6-4-3-5-7-25)27-33(19(2)34)30-26(36-27)20-8-14-24(15-9-20)35-17-22-16-32(31-29-22)23-12-10-21(28)11-13-23/h3-16,18,27H,17H2,1-2H3. The summed E-state index contributed by atoms with van der Waals surface area (Å²) in [5, 5.41) is 14.9. The fraction of sp³-hybridized carbons (Fsp3) is 0.185. The van der Waals surface area contributed by atoms with Gasteiger partial charge in [0.15, 0.2) is 0 Å². The van der Waals surface area contributed by atoms with Gasteiger partial charge >= 0.3 is 170 Å². The molecule has 0 spiro atoms. The van der Waals surface area contributed by atoms with Gasteiger partial charge in [-0.3, -0.25) is 0 Å². The molecule has 2 atom stereocenters. The van der Waals surface area contributed by atoms with Gasteiger partial charge in [0.25, 0.3) is 0 Å². The monoisotopic (exact) mass is 581 g/mol. The van der Waals surface area contributed by atoms with Crippen molar-refractivity contribution in [1.29, 1.82) is 0 Å². The number of amides is 1. The molecule has 37 heavy (non-hydrogen) atoms. The fourth-order valence-electron chi connectivity index (χ4n) is 3.72. The van der Waals surface area contributed by atoms with Crippen LogP contribution in [0.2, 0.25) is 9.84 Å². The molecule has 1 amide bonds. The first-order valence-corrected chi connectivity index (χ1v) is 13.9. The van der Waals surface area contributed by atoms with Gasteiger partial charge in [0.05, 0.1) is 5.69 Å². The third kappa shape index (κ3) is 6.02. The van der Waals surface area contributed by atoms with E-state index in [0.717, 1.165) is 11.3 Å². The Bertz CT molecular complexity index is 1390. The first-order chi connectivity index (χ1) is 18.0. The molecular formula is C27H24ClN5O3Se. The van der Waals surface area contributed by atoms with Crippen molar-refractivity contribution in [3.63, 3.8) is 0 Å². The molecule has 0 radical (unpaired) electrons. The third-order valence-corrected chi connectivity index (χ3v) is 8.24. The molecule has 0 saturated heterocycles. The van der Waals surface area contributed by atoms with E-state index in [9.17, 15) is 4.79 Å². The van der Waals surface area contributed by atoms with Gasteiger partial charge in [0.1, 0.15) is 0 Å². The zero-order chi connectivity index (χ0) is 25.8. The maximum atomic E-state index is 12.3. The summed E-state index contributed by atoms with van der Waals surface area (Å²) < 4.78 is 15.0. The molecule has 1 aliphatic rings. The molecule has 0 saturated carbocycles.